The Hall–Kier alpha value is -2.75. The molecule has 0 aromatic carbocycles. The van der Waals surface area contributed by atoms with Crippen LogP contribution >= 0.6 is 11.3 Å². The van der Waals surface area contributed by atoms with E-state index in [4.69, 9.17) is 0 Å². The fraction of sp³-hybridized carbons (Fsp3) is 0.429. The second-order valence-electron chi connectivity index (χ2n) is 8.06. The lowest BCUT2D eigenvalue weighted by atomic mass is 9.80. The lowest BCUT2D eigenvalue weighted by Gasteiger charge is -2.34. The number of nitrogens with zero attached hydrogens (tertiary/aromatic N) is 2. The summed E-state index contributed by atoms with van der Waals surface area (Å²) in [6, 6.07) is 0.577. The molecule has 1 spiro atoms. The molecule has 2 fully saturated rings. The van der Waals surface area contributed by atoms with Crippen molar-refractivity contribution in [1.82, 2.24) is 15.2 Å². The van der Waals surface area contributed by atoms with Crippen LogP contribution in [0.2, 0.25) is 0 Å². The van der Waals surface area contributed by atoms with Gasteiger partial charge in [-0.25, -0.2) is 18.0 Å². The van der Waals surface area contributed by atoms with Gasteiger partial charge < -0.3 is 5.32 Å². The van der Waals surface area contributed by atoms with Gasteiger partial charge in [0, 0.05) is 35.0 Å². The molecular weight excluding hydrogens is 431 g/mol. The summed E-state index contributed by atoms with van der Waals surface area (Å²) in [6.45, 7) is 3.03. The summed E-state index contributed by atoms with van der Waals surface area (Å²) in [7, 11) is 0. The van der Waals surface area contributed by atoms with Gasteiger partial charge in [-0.3, -0.25) is 19.5 Å². The molecule has 2 aliphatic rings. The third kappa shape index (κ3) is 3.73. The van der Waals surface area contributed by atoms with Gasteiger partial charge >= 0.3 is 6.03 Å². The number of hydrogen-bond acceptors (Lipinski definition) is 5. The number of nitrogens with one attached hydrogen (secondary N) is 1. The molecule has 6 nitrogen and oxygen atoms in total. The molecule has 4 rings (SSSR count). The molecule has 1 saturated heterocycles. The maximum absolute atomic E-state index is 13.6. The molecule has 10 heteroatoms. The van der Waals surface area contributed by atoms with E-state index in [1.165, 1.54) is 23.6 Å². The van der Waals surface area contributed by atoms with Crippen LogP contribution in [0.3, 0.4) is 0 Å². The van der Waals surface area contributed by atoms with Crippen molar-refractivity contribution in [2.45, 2.75) is 51.0 Å². The summed E-state index contributed by atoms with van der Waals surface area (Å²) < 4.78 is 40.6. The summed E-state index contributed by atoms with van der Waals surface area (Å²) in [6.07, 6.45) is 1.27. The van der Waals surface area contributed by atoms with E-state index < -0.39 is 54.4 Å². The molecule has 0 bridgehead atoms. The number of halogens is 3. The Bertz CT molecular complexity index is 1090. The molecule has 1 saturated carbocycles. The van der Waals surface area contributed by atoms with Crippen LogP contribution in [0.25, 0.3) is 11.1 Å². The third-order valence-corrected chi connectivity index (χ3v) is 7.20. The molecule has 2 aromatic rings. The number of rotatable bonds is 4. The summed E-state index contributed by atoms with van der Waals surface area (Å²) in [5.74, 6) is -4.43. The van der Waals surface area contributed by atoms with Crippen molar-refractivity contribution < 1.29 is 27.6 Å². The van der Waals surface area contributed by atoms with E-state index in [-0.39, 0.29) is 12.8 Å². The number of Topliss-reactive ketones (excluding diaryl/α,β-unsaturated/α-hetero) is 1. The number of ketones is 1. The summed E-state index contributed by atoms with van der Waals surface area (Å²) in [5.41, 5.74) is 0.461. The minimum absolute atomic E-state index is 0.164. The van der Waals surface area contributed by atoms with E-state index in [0.717, 1.165) is 16.0 Å². The Labute approximate surface area is 180 Å². The van der Waals surface area contributed by atoms with E-state index in [1.807, 2.05) is 0 Å². The molecule has 1 aliphatic heterocycles. The molecule has 0 unspecified atom stereocenters. The van der Waals surface area contributed by atoms with Crippen molar-refractivity contribution in [2.24, 2.45) is 0 Å². The summed E-state index contributed by atoms with van der Waals surface area (Å²) in [4.78, 5) is 44.1. The molecule has 2 aromatic heterocycles. The Morgan fingerprint density at radius 1 is 1.19 bits per heavy atom. The van der Waals surface area contributed by atoms with Gasteiger partial charge in [-0.1, -0.05) is 0 Å². The van der Waals surface area contributed by atoms with Gasteiger partial charge in [-0.2, -0.15) is 0 Å². The van der Waals surface area contributed by atoms with E-state index in [2.05, 4.69) is 10.3 Å². The summed E-state index contributed by atoms with van der Waals surface area (Å²) >= 11 is 1.19. The third-order valence-electron chi connectivity index (χ3n) is 5.95. The second kappa shape index (κ2) is 7.44. The molecule has 0 radical (unpaired) electrons. The Kier molecular flexibility index (Phi) is 5.15. The van der Waals surface area contributed by atoms with Crippen LogP contribution in [0.1, 0.15) is 45.8 Å². The quantitative estimate of drug-likeness (QED) is 0.557. The number of aromatic nitrogens is 1. The first-order valence-electron chi connectivity index (χ1n) is 9.79. The maximum Gasteiger partial charge on any atom is 0.325 e. The van der Waals surface area contributed by atoms with E-state index in [9.17, 15) is 27.6 Å². The van der Waals surface area contributed by atoms with Gasteiger partial charge in [-0.15, -0.1) is 11.3 Å². The normalized spacial score (nSPS) is 19.7. The lowest BCUT2D eigenvalue weighted by molar-refractivity contribution is -0.135. The number of carbonyl (C=O) groups excluding carboxylic acids is 3. The maximum atomic E-state index is 13.6. The number of amides is 3. The highest BCUT2D eigenvalue weighted by Gasteiger charge is 2.55. The van der Waals surface area contributed by atoms with Crippen molar-refractivity contribution in [3.05, 3.63) is 39.6 Å². The summed E-state index contributed by atoms with van der Waals surface area (Å²) in [5, 5.41) is 2.53. The SMILES string of the molecule is Cc1sc(C(=O)CN2C(=O)NC3(CCC(F)(F)CC3)C2=O)c(C)c1-c1cncc(F)c1. The Balaban J connectivity index is 1.56. The van der Waals surface area contributed by atoms with Crippen molar-refractivity contribution in [3.8, 4) is 11.1 Å². The first kappa shape index (κ1) is 21.5. The highest BCUT2D eigenvalue weighted by atomic mass is 32.1. The number of thiophene rings is 1. The number of aryl methyl sites for hydroxylation is 1. The highest BCUT2D eigenvalue weighted by molar-refractivity contribution is 7.14. The number of imide groups is 1. The Morgan fingerprint density at radius 2 is 1.87 bits per heavy atom. The van der Waals surface area contributed by atoms with Crippen LogP contribution < -0.4 is 5.32 Å². The molecule has 31 heavy (non-hydrogen) atoms. The van der Waals surface area contributed by atoms with Gasteiger partial charge in [-0.05, 0) is 38.3 Å². The predicted octanol–water partition coefficient (Wildman–Crippen LogP) is 4.25. The van der Waals surface area contributed by atoms with Gasteiger partial charge in [0.15, 0.2) is 5.78 Å². The predicted molar refractivity (Wildman–Crippen MR) is 108 cm³/mol. The van der Waals surface area contributed by atoms with Crippen LogP contribution in [-0.4, -0.2) is 45.6 Å². The van der Waals surface area contributed by atoms with Crippen molar-refractivity contribution >= 4 is 29.1 Å². The number of urea groups is 1. The zero-order valence-corrected chi connectivity index (χ0v) is 17.7. The first-order chi connectivity index (χ1) is 14.5. The molecule has 164 valence electrons. The second-order valence-corrected chi connectivity index (χ2v) is 9.29. The molecular formula is C21H20F3N3O3S. The standard InChI is InChI=1S/C21H20F3N3O3S/c1-11-16(13-7-14(22)9-25-8-13)12(2)31-17(11)15(28)10-27-18(29)20(26-19(27)30)3-5-21(23,24)6-4-20/h7-9H,3-6,10H2,1-2H3,(H,26,30). The van der Waals surface area contributed by atoms with Crippen molar-refractivity contribution in [1.29, 1.82) is 0 Å². The minimum Gasteiger partial charge on any atom is -0.323 e. The molecule has 1 aliphatic carbocycles. The topological polar surface area (TPSA) is 79.4 Å². The van der Waals surface area contributed by atoms with Gasteiger partial charge in [0.25, 0.3) is 5.91 Å². The first-order valence-corrected chi connectivity index (χ1v) is 10.6. The lowest BCUT2D eigenvalue weighted by Crippen LogP contribution is -2.51. The smallest absolute Gasteiger partial charge is 0.323 e. The van der Waals surface area contributed by atoms with Gasteiger partial charge in [0.05, 0.1) is 17.6 Å². The van der Waals surface area contributed by atoms with Gasteiger partial charge in [0.1, 0.15) is 11.4 Å². The fourth-order valence-electron chi connectivity index (χ4n) is 4.31. The molecule has 3 amide bonds. The van der Waals surface area contributed by atoms with Crippen molar-refractivity contribution in [3.63, 3.8) is 0 Å². The van der Waals surface area contributed by atoms with E-state index in [0.29, 0.717) is 21.6 Å². The van der Waals surface area contributed by atoms with Crippen molar-refractivity contribution in [2.75, 3.05) is 6.54 Å². The monoisotopic (exact) mass is 451 g/mol. The Morgan fingerprint density at radius 3 is 2.52 bits per heavy atom. The average Bonchev–Trinajstić information content (AvgIpc) is 3.12. The molecule has 1 N–H and O–H groups in total. The number of hydrogen-bond donors (Lipinski definition) is 1. The number of carbonyl (C=O) groups is 3. The molecule has 0 atom stereocenters. The van der Waals surface area contributed by atoms with E-state index >= 15 is 0 Å². The van der Waals surface area contributed by atoms with Crippen LogP contribution in [0.4, 0.5) is 18.0 Å². The minimum atomic E-state index is -2.85. The van der Waals surface area contributed by atoms with E-state index in [1.54, 1.807) is 13.8 Å². The van der Waals surface area contributed by atoms with Crippen LogP contribution in [0.15, 0.2) is 18.5 Å². The largest absolute Gasteiger partial charge is 0.325 e. The zero-order valence-electron chi connectivity index (χ0n) is 16.9. The molecule has 3 heterocycles. The fourth-order valence-corrected chi connectivity index (χ4v) is 5.42. The average molecular weight is 451 g/mol. The number of alkyl halides is 2. The number of pyridine rings is 1. The van der Waals surface area contributed by atoms with Crippen LogP contribution in [-0.2, 0) is 4.79 Å². The van der Waals surface area contributed by atoms with Crippen LogP contribution in [0.5, 0.6) is 0 Å². The highest BCUT2D eigenvalue weighted by Crippen LogP contribution is 2.41. The van der Waals surface area contributed by atoms with Crippen LogP contribution in [0, 0.1) is 19.7 Å². The van der Waals surface area contributed by atoms with Gasteiger partial charge in [0.2, 0.25) is 5.92 Å². The zero-order chi connectivity index (χ0) is 22.6.